The van der Waals surface area contributed by atoms with E-state index in [1.807, 2.05) is 73.7 Å². The summed E-state index contributed by atoms with van der Waals surface area (Å²) in [5, 5.41) is 7.98. The van der Waals surface area contributed by atoms with E-state index in [1.165, 1.54) is 0 Å². The lowest BCUT2D eigenvalue weighted by Crippen LogP contribution is -2.14. The molecule has 0 aliphatic rings. The van der Waals surface area contributed by atoms with Gasteiger partial charge in [-0.2, -0.15) is 0 Å². The zero-order valence-electron chi connectivity index (χ0n) is 19.2. The van der Waals surface area contributed by atoms with Crippen molar-refractivity contribution in [3.63, 3.8) is 0 Å². The first kappa shape index (κ1) is 23.8. The number of anilines is 1. The first-order valence-electron chi connectivity index (χ1n) is 11.1. The van der Waals surface area contributed by atoms with Gasteiger partial charge in [0.25, 0.3) is 5.91 Å². The number of nitrogens with zero attached hydrogens (tertiary/aromatic N) is 3. The number of benzene rings is 4. The van der Waals surface area contributed by atoms with Crippen LogP contribution >= 0.6 is 27.5 Å². The summed E-state index contributed by atoms with van der Waals surface area (Å²) < 4.78 is 8.40. The van der Waals surface area contributed by atoms with Crippen LogP contribution < -0.4 is 10.1 Å². The van der Waals surface area contributed by atoms with Gasteiger partial charge in [0.1, 0.15) is 11.5 Å². The Morgan fingerprint density at radius 2 is 1.61 bits per heavy atom. The Balaban J connectivity index is 1.43. The maximum Gasteiger partial charge on any atom is 0.295 e. The number of hydrogen-bond acceptors (Lipinski definition) is 4. The molecule has 0 aliphatic heterocycles. The van der Waals surface area contributed by atoms with Gasteiger partial charge in [-0.1, -0.05) is 63.9 Å². The summed E-state index contributed by atoms with van der Waals surface area (Å²) in [4.78, 5) is 17.7. The van der Waals surface area contributed by atoms with Crippen molar-refractivity contribution in [3.05, 3.63) is 118 Å². The predicted octanol–water partition coefficient (Wildman–Crippen LogP) is 7.70. The highest BCUT2D eigenvalue weighted by molar-refractivity contribution is 9.10. The van der Waals surface area contributed by atoms with Crippen LogP contribution in [0.4, 0.5) is 5.69 Å². The van der Waals surface area contributed by atoms with E-state index in [2.05, 4.69) is 31.3 Å². The standard InChI is InChI=1S/C28H20BrClN4O2/c1-18-7-12-21(30)17-25(18)34-27(19-8-10-20(29)11-9-19)32-26(33-34)28(35)31-22-13-15-24(16-14-22)36-23-5-3-2-4-6-23/h2-17H,1H3,(H,31,35). The zero-order valence-corrected chi connectivity index (χ0v) is 21.5. The lowest BCUT2D eigenvalue weighted by Gasteiger charge is -2.09. The third-order valence-electron chi connectivity index (χ3n) is 5.40. The van der Waals surface area contributed by atoms with E-state index in [0.29, 0.717) is 22.3 Å². The summed E-state index contributed by atoms with van der Waals surface area (Å²) in [6.45, 7) is 1.96. The molecular weight excluding hydrogens is 540 g/mol. The molecule has 0 radical (unpaired) electrons. The molecule has 4 aromatic carbocycles. The highest BCUT2D eigenvalue weighted by Gasteiger charge is 2.20. The van der Waals surface area contributed by atoms with Crippen molar-refractivity contribution in [3.8, 4) is 28.6 Å². The van der Waals surface area contributed by atoms with Crippen LogP contribution in [0.25, 0.3) is 17.1 Å². The molecule has 0 atom stereocenters. The van der Waals surface area contributed by atoms with Gasteiger partial charge in [-0.05, 0) is 73.2 Å². The SMILES string of the molecule is Cc1ccc(Cl)cc1-n1nc(C(=O)Nc2ccc(Oc3ccccc3)cc2)nc1-c1ccc(Br)cc1. The molecule has 5 aromatic rings. The highest BCUT2D eigenvalue weighted by Crippen LogP contribution is 2.27. The Kier molecular flexibility index (Phi) is 6.84. The third-order valence-corrected chi connectivity index (χ3v) is 6.17. The van der Waals surface area contributed by atoms with Crippen molar-refractivity contribution in [1.29, 1.82) is 0 Å². The molecule has 178 valence electrons. The van der Waals surface area contributed by atoms with Gasteiger partial charge in [0.2, 0.25) is 5.82 Å². The maximum atomic E-state index is 13.1. The van der Waals surface area contributed by atoms with E-state index in [-0.39, 0.29) is 5.82 Å². The number of rotatable bonds is 6. The summed E-state index contributed by atoms with van der Waals surface area (Å²) in [5.74, 6) is 1.54. The Hall–Kier alpha value is -3.94. The van der Waals surface area contributed by atoms with Crippen LogP contribution in [0.3, 0.4) is 0 Å². The number of amides is 1. The maximum absolute atomic E-state index is 13.1. The largest absolute Gasteiger partial charge is 0.457 e. The van der Waals surface area contributed by atoms with Crippen LogP contribution in [-0.4, -0.2) is 20.7 Å². The average molecular weight is 560 g/mol. The Morgan fingerprint density at radius 3 is 2.33 bits per heavy atom. The minimum atomic E-state index is -0.427. The van der Waals surface area contributed by atoms with Gasteiger partial charge >= 0.3 is 0 Å². The number of para-hydroxylation sites is 1. The molecule has 6 nitrogen and oxygen atoms in total. The molecule has 1 aromatic heterocycles. The molecule has 0 unspecified atom stereocenters. The van der Waals surface area contributed by atoms with Crippen LogP contribution in [0.1, 0.15) is 16.2 Å². The smallest absolute Gasteiger partial charge is 0.295 e. The van der Waals surface area contributed by atoms with Gasteiger partial charge in [0.15, 0.2) is 5.82 Å². The lowest BCUT2D eigenvalue weighted by molar-refractivity contribution is 0.101. The van der Waals surface area contributed by atoms with E-state index in [0.717, 1.165) is 27.0 Å². The number of nitrogens with one attached hydrogen (secondary N) is 1. The van der Waals surface area contributed by atoms with Crippen LogP contribution in [0, 0.1) is 6.92 Å². The number of halogens is 2. The first-order valence-corrected chi connectivity index (χ1v) is 12.3. The number of aryl methyl sites for hydroxylation is 1. The third kappa shape index (κ3) is 5.32. The number of ether oxygens (including phenoxy) is 1. The van der Waals surface area contributed by atoms with E-state index < -0.39 is 5.91 Å². The fraction of sp³-hybridized carbons (Fsp3) is 0.0357. The van der Waals surface area contributed by atoms with Crippen molar-refractivity contribution >= 4 is 39.1 Å². The first-order chi connectivity index (χ1) is 17.5. The molecular formula is C28H20BrClN4O2. The fourth-order valence-corrected chi connectivity index (χ4v) is 4.02. The quantitative estimate of drug-likeness (QED) is 0.231. The van der Waals surface area contributed by atoms with Crippen LogP contribution in [-0.2, 0) is 0 Å². The second kappa shape index (κ2) is 10.4. The van der Waals surface area contributed by atoms with Crippen molar-refractivity contribution in [2.75, 3.05) is 5.32 Å². The minimum absolute atomic E-state index is 0.0388. The van der Waals surface area contributed by atoms with E-state index in [9.17, 15) is 4.79 Å². The van der Waals surface area contributed by atoms with Crippen molar-refractivity contribution < 1.29 is 9.53 Å². The zero-order chi connectivity index (χ0) is 25.1. The minimum Gasteiger partial charge on any atom is -0.457 e. The molecule has 0 saturated carbocycles. The molecule has 0 aliphatic carbocycles. The Labute approximate surface area is 221 Å². The lowest BCUT2D eigenvalue weighted by atomic mass is 10.2. The second-order valence-corrected chi connectivity index (χ2v) is 9.35. The van der Waals surface area contributed by atoms with E-state index in [4.69, 9.17) is 16.3 Å². The Morgan fingerprint density at radius 1 is 0.917 bits per heavy atom. The summed E-state index contributed by atoms with van der Waals surface area (Å²) in [5.41, 5.74) is 3.10. The molecule has 1 N–H and O–H groups in total. The van der Waals surface area contributed by atoms with Crippen LogP contribution in [0.15, 0.2) is 102 Å². The predicted molar refractivity (Wildman–Crippen MR) is 145 cm³/mol. The van der Waals surface area contributed by atoms with E-state index in [1.54, 1.807) is 35.0 Å². The molecule has 1 heterocycles. The molecule has 8 heteroatoms. The number of hydrogen-bond donors (Lipinski definition) is 1. The molecule has 36 heavy (non-hydrogen) atoms. The number of carbonyl (C=O) groups excluding carboxylic acids is 1. The van der Waals surface area contributed by atoms with Gasteiger partial charge in [-0.25, -0.2) is 9.67 Å². The summed E-state index contributed by atoms with van der Waals surface area (Å²) >= 11 is 9.73. The monoisotopic (exact) mass is 558 g/mol. The summed E-state index contributed by atoms with van der Waals surface area (Å²) in [7, 11) is 0. The molecule has 5 rings (SSSR count). The van der Waals surface area contributed by atoms with E-state index >= 15 is 0 Å². The molecule has 1 amide bonds. The van der Waals surface area contributed by atoms with Gasteiger partial charge in [0, 0.05) is 20.7 Å². The number of aromatic nitrogens is 3. The van der Waals surface area contributed by atoms with Gasteiger partial charge in [0.05, 0.1) is 5.69 Å². The van der Waals surface area contributed by atoms with Crippen LogP contribution in [0.5, 0.6) is 11.5 Å². The van der Waals surface area contributed by atoms with Gasteiger partial charge in [-0.15, -0.1) is 5.10 Å². The molecule has 0 saturated heterocycles. The van der Waals surface area contributed by atoms with Gasteiger partial charge < -0.3 is 10.1 Å². The normalized spacial score (nSPS) is 10.8. The molecule has 0 fully saturated rings. The second-order valence-electron chi connectivity index (χ2n) is 8.00. The van der Waals surface area contributed by atoms with Crippen molar-refractivity contribution in [2.24, 2.45) is 0 Å². The van der Waals surface area contributed by atoms with Crippen molar-refractivity contribution in [1.82, 2.24) is 14.8 Å². The molecule has 0 spiro atoms. The molecule has 0 bridgehead atoms. The van der Waals surface area contributed by atoms with Crippen LogP contribution in [0.2, 0.25) is 5.02 Å². The summed E-state index contributed by atoms with van der Waals surface area (Å²) in [6.07, 6.45) is 0. The Bertz CT molecular complexity index is 1520. The average Bonchev–Trinajstić information content (AvgIpc) is 3.33. The summed E-state index contributed by atoms with van der Waals surface area (Å²) in [6, 6.07) is 29.8. The van der Waals surface area contributed by atoms with Crippen molar-refractivity contribution in [2.45, 2.75) is 6.92 Å². The van der Waals surface area contributed by atoms with Gasteiger partial charge in [-0.3, -0.25) is 4.79 Å². The fourth-order valence-electron chi connectivity index (χ4n) is 3.59. The topological polar surface area (TPSA) is 69.0 Å². The highest BCUT2D eigenvalue weighted by atomic mass is 79.9. The number of carbonyl (C=O) groups is 1.